The zero-order valence-electron chi connectivity index (χ0n) is 19.1. The van der Waals surface area contributed by atoms with Crippen LogP contribution in [0.4, 0.5) is 20.3 Å². The van der Waals surface area contributed by atoms with Crippen LogP contribution in [0, 0.1) is 11.6 Å². The second-order valence-electron chi connectivity index (χ2n) is 8.76. The number of fused-ring (bicyclic) bond motifs is 1. The van der Waals surface area contributed by atoms with Crippen molar-refractivity contribution in [1.29, 1.82) is 0 Å². The van der Waals surface area contributed by atoms with Crippen LogP contribution in [0.2, 0.25) is 0 Å². The van der Waals surface area contributed by atoms with Gasteiger partial charge in [0.05, 0.1) is 36.5 Å². The Balaban J connectivity index is 1.55. The van der Waals surface area contributed by atoms with Gasteiger partial charge in [-0.3, -0.25) is 9.78 Å². The number of morpholine rings is 1. The van der Waals surface area contributed by atoms with Crippen molar-refractivity contribution in [1.82, 2.24) is 14.9 Å². The highest BCUT2D eigenvalue weighted by atomic mass is 19.2. The molecule has 1 amide bonds. The number of benzene rings is 2. The average molecular weight is 468 g/mol. The van der Waals surface area contributed by atoms with Crippen molar-refractivity contribution in [3.63, 3.8) is 0 Å². The Morgan fingerprint density at radius 1 is 1.06 bits per heavy atom. The van der Waals surface area contributed by atoms with Crippen molar-refractivity contribution >= 4 is 28.4 Å². The van der Waals surface area contributed by atoms with Gasteiger partial charge < -0.3 is 19.9 Å². The molecule has 178 valence electrons. The molecule has 3 aromatic rings. The van der Waals surface area contributed by atoms with E-state index in [9.17, 15) is 13.6 Å². The number of nitrogens with zero attached hydrogens (tertiary/aromatic N) is 4. The Morgan fingerprint density at radius 2 is 1.82 bits per heavy atom. The SMILES string of the molecule is CC(Nc1ccc(F)c(F)c1)c1cc(C(=O)N2CCCC2)cc2ncc(N3CCOCC3)nc12. The molecular formula is C25H27F2N5O2. The molecule has 2 aliphatic rings. The van der Waals surface area contributed by atoms with Crippen LogP contribution in [-0.4, -0.2) is 60.2 Å². The highest BCUT2D eigenvalue weighted by Gasteiger charge is 2.23. The van der Waals surface area contributed by atoms with Gasteiger partial charge in [0.1, 0.15) is 5.82 Å². The molecule has 1 N–H and O–H groups in total. The molecule has 34 heavy (non-hydrogen) atoms. The first-order valence-corrected chi connectivity index (χ1v) is 11.6. The number of carbonyl (C=O) groups excluding carboxylic acids is 1. The minimum atomic E-state index is -0.922. The van der Waals surface area contributed by atoms with Crippen LogP contribution < -0.4 is 10.2 Å². The Bertz CT molecular complexity index is 1210. The van der Waals surface area contributed by atoms with E-state index < -0.39 is 11.6 Å². The number of rotatable bonds is 5. The summed E-state index contributed by atoms with van der Waals surface area (Å²) in [6.07, 6.45) is 3.74. The Labute approximate surface area is 196 Å². The normalized spacial score (nSPS) is 17.3. The van der Waals surface area contributed by atoms with E-state index in [4.69, 9.17) is 9.72 Å². The first-order valence-electron chi connectivity index (χ1n) is 11.6. The fourth-order valence-electron chi connectivity index (χ4n) is 4.55. The molecule has 0 saturated carbocycles. The Morgan fingerprint density at radius 3 is 2.56 bits per heavy atom. The largest absolute Gasteiger partial charge is 0.378 e. The predicted molar refractivity (Wildman–Crippen MR) is 126 cm³/mol. The van der Waals surface area contributed by atoms with Crippen molar-refractivity contribution in [2.24, 2.45) is 0 Å². The lowest BCUT2D eigenvalue weighted by Crippen LogP contribution is -2.36. The van der Waals surface area contributed by atoms with Gasteiger partial charge >= 0.3 is 0 Å². The topological polar surface area (TPSA) is 70.6 Å². The highest BCUT2D eigenvalue weighted by Crippen LogP contribution is 2.30. The third-order valence-electron chi connectivity index (χ3n) is 6.41. The Kier molecular flexibility index (Phi) is 6.28. The van der Waals surface area contributed by atoms with E-state index in [-0.39, 0.29) is 11.9 Å². The van der Waals surface area contributed by atoms with Gasteiger partial charge in [0.2, 0.25) is 0 Å². The van der Waals surface area contributed by atoms with E-state index in [1.54, 1.807) is 12.3 Å². The average Bonchev–Trinajstić information content (AvgIpc) is 3.40. The molecule has 9 heteroatoms. The maximum absolute atomic E-state index is 13.8. The van der Waals surface area contributed by atoms with Crippen molar-refractivity contribution in [2.45, 2.75) is 25.8 Å². The summed E-state index contributed by atoms with van der Waals surface area (Å²) < 4.78 is 32.6. The molecule has 2 aliphatic heterocycles. The van der Waals surface area contributed by atoms with Crippen LogP contribution in [0.1, 0.15) is 41.7 Å². The number of amides is 1. The quantitative estimate of drug-likeness (QED) is 0.608. The molecule has 3 heterocycles. The molecule has 0 bridgehead atoms. The van der Waals surface area contributed by atoms with Crippen LogP contribution in [0.5, 0.6) is 0 Å². The summed E-state index contributed by atoms with van der Waals surface area (Å²) >= 11 is 0. The summed E-state index contributed by atoms with van der Waals surface area (Å²) in [5.74, 6) is -1.10. The molecule has 5 rings (SSSR count). The van der Waals surface area contributed by atoms with Gasteiger partial charge in [-0.15, -0.1) is 0 Å². The zero-order valence-corrected chi connectivity index (χ0v) is 19.1. The first kappa shape index (κ1) is 22.5. The number of carbonyl (C=O) groups is 1. The third kappa shape index (κ3) is 4.52. The van der Waals surface area contributed by atoms with Gasteiger partial charge in [-0.05, 0) is 44.0 Å². The van der Waals surface area contributed by atoms with Crippen molar-refractivity contribution in [2.75, 3.05) is 49.6 Å². The third-order valence-corrected chi connectivity index (χ3v) is 6.41. The molecule has 0 spiro atoms. The standard InChI is InChI=1S/C25H27F2N5O2/c1-16(29-18-4-5-20(26)21(27)14-18)19-12-17(25(33)32-6-2-3-7-32)13-22-24(19)30-23(15-28-22)31-8-10-34-11-9-31/h4-5,12-16,29H,2-3,6-11H2,1H3. The molecule has 2 aromatic carbocycles. The van der Waals surface area contributed by atoms with Crippen LogP contribution in [-0.2, 0) is 4.74 Å². The summed E-state index contributed by atoms with van der Waals surface area (Å²) in [5, 5.41) is 3.22. The summed E-state index contributed by atoms with van der Waals surface area (Å²) in [5.41, 5.74) is 3.05. The van der Waals surface area contributed by atoms with Gasteiger partial charge in [-0.1, -0.05) is 0 Å². The molecule has 0 aliphatic carbocycles. The number of nitrogens with one attached hydrogen (secondary N) is 1. The molecule has 1 aromatic heterocycles. The lowest BCUT2D eigenvalue weighted by molar-refractivity contribution is 0.0793. The predicted octanol–water partition coefficient (Wildman–Crippen LogP) is 4.15. The summed E-state index contributed by atoms with van der Waals surface area (Å²) in [7, 11) is 0. The number of anilines is 2. The van der Waals surface area contributed by atoms with Crippen LogP contribution in [0.15, 0.2) is 36.5 Å². The molecule has 1 atom stereocenters. The van der Waals surface area contributed by atoms with E-state index in [2.05, 4.69) is 15.2 Å². The lowest BCUT2D eigenvalue weighted by atomic mass is 10.0. The first-order chi connectivity index (χ1) is 16.5. The Hall–Kier alpha value is -3.33. The number of hydrogen-bond acceptors (Lipinski definition) is 6. The molecule has 2 fully saturated rings. The van der Waals surface area contributed by atoms with E-state index in [0.29, 0.717) is 35.5 Å². The van der Waals surface area contributed by atoms with E-state index in [1.165, 1.54) is 6.07 Å². The summed E-state index contributed by atoms with van der Waals surface area (Å²) in [6, 6.07) is 7.00. The van der Waals surface area contributed by atoms with E-state index in [1.807, 2.05) is 17.9 Å². The van der Waals surface area contributed by atoms with Gasteiger partial charge in [-0.2, -0.15) is 0 Å². The van der Waals surface area contributed by atoms with Gasteiger partial charge in [0.25, 0.3) is 5.91 Å². The van der Waals surface area contributed by atoms with Crippen molar-refractivity contribution in [3.05, 3.63) is 59.3 Å². The molecule has 7 nitrogen and oxygen atoms in total. The minimum Gasteiger partial charge on any atom is -0.378 e. The number of halogens is 2. The van der Waals surface area contributed by atoms with E-state index >= 15 is 0 Å². The fraction of sp³-hybridized carbons (Fsp3) is 0.400. The van der Waals surface area contributed by atoms with Crippen LogP contribution in [0.25, 0.3) is 11.0 Å². The summed E-state index contributed by atoms with van der Waals surface area (Å²) in [4.78, 5) is 26.7. The second kappa shape index (κ2) is 9.50. The van der Waals surface area contributed by atoms with E-state index in [0.717, 1.165) is 62.5 Å². The lowest BCUT2D eigenvalue weighted by Gasteiger charge is -2.28. The van der Waals surface area contributed by atoms with Gasteiger partial charge in [0, 0.05) is 49.1 Å². The van der Waals surface area contributed by atoms with Crippen LogP contribution in [0.3, 0.4) is 0 Å². The van der Waals surface area contributed by atoms with Crippen molar-refractivity contribution < 1.29 is 18.3 Å². The summed E-state index contributed by atoms with van der Waals surface area (Å²) in [6.45, 7) is 6.11. The number of hydrogen-bond donors (Lipinski definition) is 1. The fourth-order valence-corrected chi connectivity index (χ4v) is 4.55. The molecule has 2 saturated heterocycles. The molecule has 0 radical (unpaired) electrons. The maximum Gasteiger partial charge on any atom is 0.253 e. The molecule has 1 unspecified atom stereocenters. The number of ether oxygens (including phenoxy) is 1. The second-order valence-corrected chi connectivity index (χ2v) is 8.76. The highest BCUT2D eigenvalue weighted by molar-refractivity contribution is 5.98. The minimum absolute atomic E-state index is 0.0280. The monoisotopic (exact) mass is 467 g/mol. The van der Waals surface area contributed by atoms with Crippen molar-refractivity contribution in [3.8, 4) is 0 Å². The van der Waals surface area contributed by atoms with Gasteiger partial charge in [0.15, 0.2) is 11.6 Å². The smallest absolute Gasteiger partial charge is 0.253 e. The molecular weight excluding hydrogens is 440 g/mol. The van der Waals surface area contributed by atoms with Crippen LogP contribution >= 0.6 is 0 Å². The zero-order chi connectivity index (χ0) is 23.7. The van der Waals surface area contributed by atoms with Gasteiger partial charge in [-0.25, -0.2) is 13.8 Å². The number of likely N-dealkylation sites (tertiary alicyclic amines) is 1. The number of aromatic nitrogens is 2. The maximum atomic E-state index is 13.8.